The van der Waals surface area contributed by atoms with Crippen molar-refractivity contribution in [2.45, 2.75) is 33.7 Å². The predicted octanol–water partition coefficient (Wildman–Crippen LogP) is 3.52. The lowest BCUT2D eigenvalue weighted by molar-refractivity contribution is -0.141. The molecule has 0 unspecified atom stereocenters. The molecule has 0 saturated heterocycles. The number of benzene rings is 1. The standard InChI is InChI=1S/C14H18BrFN2O3/c1-7-5-8(15)9(16)6-10(7)17-13(21)18-11(12(19)20)14(2,3)4/h5-6,11H,1-4H3,(H,19,20)(H2,17,18,21)/t11-/m1/s1. The van der Waals surface area contributed by atoms with Crippen LogP contribution in [-0.2, 0) is 4.79 Å². The molecule has 5 nitrogen and oxygen atoms in total. The third-order valence-electron chi connectivity index (χ3n) is 2.90. The summed E-state index contributed by atoms with van der Waals surface area (Å²) >= 11 is 3.05. The van der Waals surface area contributed by atoms with Crippen LogP contribution in [-0.4, -0.2) is 23.1 Å². The van der Waals surface area contributed by atoms with Gasteiger partial charge in [0.1, 0.15) is 11.9 Å². The van der Waals surface area contributed by atoms with Crippen molar-refractivity contribution in [2.75, 3.05) is 5.32 Å². The first-order valence-electron chi connectivity index (χ1n) is 6.28. The van der Waals surface area contributed by atoms with E-state index >= 15 is 0 Å². The highest BCUT2D eigenvalue weighted by atomic mass is 79.9. The van der Waals surface area contributed by atoms with E-state index in [0.717, 1.165) is 0 Å². The summed E-state index contributed by atoms with van der Waals surface area (Å²) in [5, 5.41) is 14.0. The van der Waals surface area contributed by atoms with Gasteiger partial charge in [-0.3, -0.25) is 0 Å². The van der Waals surface area contributed by atoms with E-state index in [1.165, 1.54) is 12.1 Å². The number of halogens is 2. The van der Waals surface area contributed by atoms with Crippen molar-refractivity contribution in [3.05, 3.63) is 28.0 Å². The van der Waals surface area contributed by atoms with E-state index in [4.69, 9.17) is 5.11 Å². The number of rotatable bonds is 3. The third kappa shape index (κ3) is 4.70. The van der Waals surface area contributed by atoms with E-state index < -0.39 is 29.3 Å². The highest BCUT2D eigenvalue weighted by molar-refractivity contribution is 9.10. The maximum absolute atomic E-state index is 13.5. The molecule has 1 atom stereocenters. The number of aliphatic carboxylic acids is 1. The third-order valence-corrected chi connectivity index (χ3v) is 3.51. The van der Waals surface area contributed by atoms with Crippen LogP contribution in [0, 0.1) is 18.2 Å². The van der Waals surface area contributed by atoms with E-state index in [9.17, 15) is 14.0 Å². The fourth-order valence-corrected chi connectivity index (χ4v) is 2.18. The molecule has 0 spiro atoms. The molecule has 1 aromatic carbocycles. The number of carbonyl (C=O) groups excluding carboxylic acids is 1. The van der Waals surface area contributed by atoms with Gasteiger partial charge in [0.2, 0.25) is 0 Å². The zero-order valence-corrected chi connectivity index (χ0v) is 13.8. The number of nitrogens with one attached hydrogen (secondary N) is 2. The van der Waals surface area contributed by atoms with Gasteiger partial charge in [0.05, 0.1) is 4.47 Å². The normalized spacial score (nSPS) is 12.7. The molecule has 0 aliphatic carbocycles. The van der Waals surface area contributed by atoms with Crippen molar-refractivity contribution < 1.29 is 19.1 Å². The summed E-state index contributed by atoms with van der Waals surface area (Å²) in [6.07, 6.45) is 0. The van der Waals surface area contributed by atoms with Crippen molar-refractivity contribution in [2.24, 2.45) is 5.41 Å². The van der Waals surface area contributed by atoms with Gasteiger partial charge >= 0.3 is 12.0 Å². The van der Waals surface area contributed by atoms with Gasteiger partial charge in [-0.1, -0.05) is 20.8 Å². The number of carboxylic acid groups (broad SMARTS) is 1. The van der Waals surface area contributed by atoms with E-state index in [2.05, 4.69) is 26.6 Å². The molecule has 0 bridgehead atoms. The number of carbonyl (C=O) groups is 2. The van der Waals surface area contributed by atoms with E-state index in [1.54, 1.807) is 27.7 Å². The zero-order valence-electron chi connectivity index (χ0n) is 12.3. The van der Waals surface area contributed by atoms with Crippen LogP contribution in [0.5, 0.6) is 0 Å². The van der Waals surface area contributed by atoms with Crippen molar-refractivity contribution >= 4 is 33.6 Å². The minimum absolute atomic E-state index is 0.284. The molecule has 116 valence electrons. The maximum atomic E-state index is 13.5. The SMILES string of the molecule is Cc1cc(Br)c(F)cc1NC(=O)N[C@H](C(=O)O)C(C)(C)C. The summed E-state index contributed by atoms with van der Waals surface area (Å²) in [6.45, 7) is 6.82. The minimum Gasteiger partial charge on any atom is -0.480 e. The molecule has 7 heteroatoms. The number of hydrogen-bond acceptors (Lipinski definition) is 2. The van der Waals surface area contributed by atoms with Gasteiger partial charge in [0.15, 0.2) is 0 Å². The minimum atomic E-state index is -1.13. The lowest BCUT2D eigenvalue weighted by Gasteiger charge is -2.27. The summed E-state index contributed by atoms with van der Waals surface area (Å²) in [5.41, 5.74) is 0.288. The first-order valence-corrected chi connectivity index (χ1v) is 7.07. The molecule has 0 heterocycles. The number of hydrogen-bond donors (Lipinski definition) is 3. The van der Waals surface area contributed by atoms with Crippen LogP contribution < -0.4 is 10.6 Å². The Morgan fingerprint density at radius 3 is 2.38 bits per heavy atom. The predicted molar refractivity (Wildman–Crippen MR) is 81.9 cm³/mol. The van der Waals surface area contributed by atoms with E-state index in [1.807, 2.05) is 0 Å². The second-order valence-electron chi connectivity index (χ2n) is 5.82. The van der Waals surface area contributed by atoms with Crippen LogP contribution in [0.25, 0.3) is 0 Å². The topological polar surface area (TPSA) is 78.4 Å². The van der Waals surface area contributed by atoms with Crippen LogP contribution in [0.2, 0.25) is 0 Å². The molecular weight excluding hydrogens is 343 g/mol. The van der Waals surface area contributed by atoms with Gasteiger partial charge in [-0.2, -0.15) is 0 Å². The maximum Gasteiger partial charge on any atom is 0.326 e. The lowest BCUT2D eigenvalue weighted by atomic mass is 9.87. The highest BCUT2D eigenvalue weighted by Crippen LogP contribution is 2.24. The molecule has 1 rings (SSSR count). The summed E-state index contributed by atoms with van der Waals surface area (Å²) in [5.74, 6) is -1.64. The Morgan fingerprint density at radius 1 is 1.33 bits per heavy atom. The zero-order chi connectivity index (χ0) is 16.4. The van der Waals surface area contributed by atoms with Gasteiger partial charge < -0.3 is 15.7 Å². The first-order chi connectivity index (χ1) is 9.52. The second kappa shape index (κ2) is 6.43. The second-order valence-corrected chi connectivity index (χ2v) is 6.67. The van der Waals surface area contributed by atoms with Gasteiger partial charge in [-0.05, 0) is 46.0 Å². The van der Waals surface area contributed by atoms with Crippen LogP contribution in [0.1, 0.15) is 26.3 Å². The Balaban J connectivity index is 2.87. The van der Waals surface area contributed by atoms with E-state index in [-0.39, 0.29) is 5.69 Å². The van der Waals surface area contributed by atoms with Crippen LogP contribution in [0.4, 0.5) is 14.9 Å². The van der Waals surface area contributed by atoms with Crippen LogP contribution in [0.15, 0.2) is 16.6 Å². The van der Waals surface area contributed by atoms with Crippen LogP contribution in [0.3, 0.4) is 0 Å². The molecular formula is C14H18BrFN2O3. The van der Waals surface area contributed by atoms with Gasteiger partial charge in [-0.15, -0.1) is 0 Å². The largest absolute Gasteiger partial charge is 0.480 e. The molecule has 0 saturated carbocycles. The molecule has 2 amide bonds. The molecule has 21 heavy (non-hydrogen) atoms. The van der Waals surface area contributed by atoms with Gasteiger partial charge in [0, 0.05) is 5.69 Å². The van der Waals surface area contributed by atoms with E-state index in [0.29, 0.717) is 10.0 Å². The molecule has 3 N–H and O–H groups in total. The van der Waals surface area contributed by atoms with Crippen molar-refractivity contribution in [3.63, 3.8) is 0 Å². The van der Waals surface area contributed by atoms with Crippen LogP contribution >= 0.6 is 15.9 Å². The Hall–Kier alpha value is -1.63. The molecule has 0 aromatic heterocycles. The van der Waals surface area contributed by atoms with Crippen molar-refractivity contribution in [3.8, 4) is 0 Å². The fourth-order valence-electron chi connectivity index (χ4n) is 1.72. The summed E-state index contributed by atoms with van der Waals surface area (Å²) in [6, 6.07) is 0.954. The fraction of sp³-hybridized carbons (Fsp3) is 0.429. The lowest BCUT2D eigenvalue weighted by Crippen LogP contribution is -2.50. The average molecular weight is 361 g/mol. The Morgan fingerprint density at radius 2 is 1.90 bits per heavy atom. The smallest absolute Gasteiger partial charge is 0.326 e. The summed E-state index contributed by atoms with van der Waals surface area (Å²) in [4.78, 5) is 23.1. The van der Waals surface area contributed by atoms with Gasteiger partial charge in [-0.25, -0.2) is 14.0 Å². The quantitative estimate of drug-likeness (QED) is 0.771. The monoisotopic (exact) mass is 360 g/mol. The molecule has 0 radical (unpaired) electrons. The molecule has 0 fully saturated rings. The number of aryl methyl sites for hydroxylation is 1. The number of anilines is 1. The van der Waals surface area contributed by atoms with Gasteiger partial charge in [0.25, 0.3) is 0 Å². The van der Waals surface area contributed by atoms with Crippen molar-refractivity contribution in [1.82, 2.24) is 5.32 Å². The summed E-state index contributed by atoms with van der Waals surface area (Å²) in [7, 11) is 0. The Bertz CT molecular complexity index is 570. The van der Waals surface area contributed by atoms with Crippen molar-refractivity contribution in [1.29, 1.82) is 0 Å². The Kier molecular flexibility index (Phi) is 5.33. The Labute approximate surface area is 131 Å². The highest BCUT2D eigenvalue weighted by Gasteiger charge is 2.32. The number of amides is 2. The molecule has 0 aliphatic rings. The number of carboxylic acids is 1. The summed E-state index contributed by atoms with van der Waals surface area (Å²) < 4.78 is 13.8. The first kappa shape index (κ1) is 17.4. The average Bonchev–Trinajstić information content (AvgIpc) is 2.31. The molecule has 0 aliphatic heterocycles. The number of urea groups is 1. The molecule has 1 aromatic rings.